The topological polar surface area (TPSA) is 17.0 Å². The van der Waals surface area contributed by atoms with Crippen molar-refractivity contribution in [2.75, 3.05) is 0 Å². The quantitative estimate of drug-likeness (QED) is 0.207. The molecule has 2 aromatic heterocycles. The molecule has 6 rings (SSSR count). The van der Waals surface area contributed by atoms with Crippen LogP contribution >= 0.6 is 0 Å². The zero-order chi connectivity index (χ0) is 31.8. The van der Waals surface area contributed by atoms with E-state index >= 15 is 8.78 Å². The molecule has 0 aliphatic heterocycles. The summed E-state index contributed by atoms with van der Waals surface area (Å²) in [5, 5.41) is 1.47. The van der Waals surface area contributed by atoms with E-state index < -0.39 is 24.4 Å². The largest absolute Gasteiger partial charge is 0.454 e. The molecule has 206 valence electrons. The van der Waals surface area contributed by atoms with E-state index in [0.29, 0.717) is 39.5 Å². The summed E-state index contributed by atoms with van der Waals surface area (Å²) in [5.41, 5.74) is 4.53. The molecule has 2 heterocycles. The predicted octanol–water partition coefficient (Wildman–Crippen LogP) is 9.96. The highest BCUT2D eigenvalue weighted by Crippen LogP contribution is 2.45. The summed E-state index contributed by atoms with van der Waals surface area (Å²) >= 11 is 0. The molecule has 1 fully saturated rings. The van der Waals surface area contributed by atoms with Crippen LogP contribution in [-0.4, -0.2) is 0 Å². The van der Waals surface area contributed by atoms with Crippen LogP contribution in [0.1, 0.15) is 74.5 Å². The van der Waals surface area contributed by atoms with Crippen molar-refractivity contribution in [3.63, 3.8) is 0 Å². The lowest BCUT2D eigenvalue weighted by atomic mass is 9.68. The van der Waals surface area contributed by atoms with Gasteiger partial charge in [0, 0.05) is 27.9 Å². The summed E-state index contributed by atoms with van der Waals surface area (Å²) in [6.07, 6.45) is 4.93. The minimum absolute atomic E-state index is 0.235. The molecule has 4 heteroatoms. The Balaban J connectivity index is 1.44. The van der Waals surface area contributed by atoms with Gasteiger partial charge in [-0.25, -0.2) is 13.3 Å². The zero-order valence-corrected chi connectivity index (χ0v) is 23.8. The molecule has 0 N–H and O–H groups in total. The molecule has 0 radical (unpaired) electrons. The highest BCUT2D eigenvalue weighted by atomic mass is 19.1. The van der Waals surface area contributed by atoms with Gasteiger partial charge < -0.3 is 4.42 Å². The average molecular weight is 543 g/mol. The fraction of sp³-hybridized carbons (Fsp3) is 0.361. The highest BCUT2D eigenvalue weighted by Gasteiger charge is 2.30. The van der Waals surface area contributed by atoms with E-state index in [1.807, 2.05) is 43.3 Å². The van der Waals surface area contributed by atoms with E-state index in [4.69, 9.17) is 8.53 Å². The summed E-state index contributed by atoms with van der Waals surface area (Å²) in [6.45, 7) is 6.11. The number of hydrogen-bond donors (Lipinski definition) is 0. The summed E-state index contributed by atoms with van der Waals surface area (Å²) in [6, 6.07) is 15.8. The SMILES string of the molecule is [2H]C([2H])([2H])c1c[n+](C)c(-c2c(C)ccc3c2oc2c(-c4ccc(C5([2H])CCC(C(C)(C)C)CC5)cc4)c(F)ccc23)cc1F. The van der Waals surface area contributed by atoms with Crippen molar-refractivity contribution in [2.24, 2.45) is 18.4 Å². The van der Waals surface area contributed by atoms with Gasteiger partial charge in [-0.3, -0.25) is 0 Å². The molecule has 0 atom stereocenters. The number of fused-ring (bicyclic) bond motifs is 3. The van der Waals surface area contributed by atoms with Crippen LogP contribution in [0.15, 0.2) is 65.2 Å². The van der Waals surface area contributed by atoms with Crippen LogP contribution in [0.5, 0.6) is 0 Å². The Hall–Kier alpha value is -3.53. The van der Waals surface area contributed by atoms with Gasteiger partial charge in [0.25, 0.3) is 0 Å². The van der Waals surface area contributed by atoms with Crippen LogP contribution in [0.3, 0.4) is 0 Å². The third-order valence-electron chi connectivity index (χ3n) is 8.84. The second-order valence-electron chi connectivity index (χ2n) is 12.4. The third-order valence-corrected chi connectivity index (χ3v) is 8.84. The number of aryl methyl sites for hydroxylation is 3. The lowest BCUT2D eigenvalue weighted by Gasteiger charge is -2.37. The fourth-order valence-corrected chi connectivity index (χ4v) is 6.43. The molecule has 1 saturated carbocycles. The van der Waals surface area contributed by atoms with E-state index in [-0.39, 0.29) is 11.0 Å². The molecule has 3 aromatic carbocycles. The van der Waals surface area contributed by atoms with Crippen molar-refractivity contribution in [2.45, 2.75) is 66.1 Å². The highest BCUT2D eigenvalue weighted by molar-refractivity contribution is 6.13. The molecule has 1 aliphatic rings. The first-order valence-electron chi connectivity index (χ1n) is 16.0. The van der Waals surface area contributed by atoms with Crippen molar-refractivity contribution in [1.82, 2.24) is 0 Å². The van der Waals surface area contributed by atoms with Crippen LogP contribution in [0, 0.1) is 36.7 Å². The average Bonchev–Trinajstić information content (AvgIpc) is 3.32. The van der Waals surface area contributed by atoms with E-state index in [9.17, 15) is 1.37 Å². The second-order valence-corrected chi connectivity index (χ2v) is 12.4. The predicted molar refractivity (Wildman–Crippen MR) is 159 cm³/mol. The first kappa shape index (κ1) is 22.2. The van der Waals surface area contributed by atoms with Crippen molar-refractivity contribution < 1.29 is 23.2 Å². The summed E-state index contributed by atoms with van der Waals surface area (Å²) in [7, 11) is 1.67. The minimum Gasteiger partial charge on any atom is -0.454 e. The van der Waals surface area contributed by atoms with Crippen molar-refractivity contribution in [3.05, 3.63) is 89.1 Å². The lowest BCUT2D eigenvalue weighted by Crippen LogP contribution is -2.31. The van der Waals surface area contributed by atoms with Crippen LogP contribution in [0.2, 0.25) is 0 Å². The summed E-state index contributed by atoms with van der Waals surface area (Å²) in [4.78, 5) is 0. The molecular formula is C36H38F2NO+. The first-order valence-corrected chi connectivity index (χ1v) is 14.0. The number of pyridine rings is 1. The Labute approximate surface area is 241 Å². The van der Waals surface area contributed by atoms with Crippen molar-refractivity contribution in [3.8, 4) is 22.4 Å². The van der Waals surface area contributed by atoms with Crippen LogP contribution in [0.4, 0.5) is 8.78 Å². The fourth-order valence-electron chi connectivity index (χ4n) is 6.43. The summed E-state index contributed by atoms with van der Waals surface area (Å²) < 4.78 is 71.0. The Morgan fingerprint density at radius 1 is 0.850 bits per heavy atom. The normalized spacial score (nSPS) is 21.7. The van der Waals surface area contributed by atoms with Gasteiger partial charge in [-0.15, -0.1) is 0 Å². The maximum Gasteiger partial charge on any atom is 0.219 e. The number of halogens is 2. The third kappa shape index (κ3) is 4.52. The van der Waals surface area contributed by atoms with Crippen LogP contribution < -0.4 is 4.57 Å². The van der Waals surface area contributed by atoms with Crippen LogP contribution in [-0.2, 0) is 7.05 Å². The van der Waals surface area contributed by atoms with E-state index in [1.54, 1.807) is 17.7 Å². The van der Waals surface area contributed by atoms with Crippen LogP contribution in [0.25, 0.3) is 44.3 Å². The van der Waals surface area contributed by atoms with Crippen molar-refractivity contribution in [1.29, 1.82) is 0 Å². The molecule has 0 spiro atoms. The molecule has 0 saturated heterocycles. The Morgan fingerprint density at radius 3 is 2.15 bits per heavy atom. The minimum atomic E-state index is -2.59. The number of nitrogens with zero attached hydrogens (tertiary/aromatic N) is 1. The molecule has 0 unspecified atom stereocenters. The Morgan fingerprint density at radius 2 is 1.50 bits per heavy atom. The van der Waals surface area contributed by atoms with E-state index in [1.165, 1.54) is 18.3 Å². The van der Waals surface area contributed by atoms with Gasteiger partial charge >= 0.3 is 0 Å². The molecular weight excluding hydrogens is 500 g/mol. The standard InChI is InChI=1S/C36H38F2NO/c1-21-7-16-27-28-17-18-29(37)33(35(28)40-34(27)32(21)31-19-30(38)22(2)20-39(31)6)25-10-8-23(9-11-25)24-12-14-26(15-13-24)36(3,4)5/h7-11,16-20,24,26H,12-15H2,1-6H3/q+1/i2D3,24D. The van der Waals surface area contributed by atoms with Gasteiger partial charge in [-0.1, -0.05) is 57.2 Å². The van der Waals surface area contributed by atoms with Gasteiger partial charge in [0.15, 0.2) is 6.20 Å². The monoisotopic (exact) mass is 542 g/mol. The molecule has 40 heavy (non-hydrogen) atoms. The maximum atomic E-state index is 15.6. The summed E-state index contributed by atoms with van der Waals surface area (Å²) in [5.74, 6) is -1.30. The van der Waals surface area contributed by atoms with E-state index in [2.05, 4.69) is 20.8 Å². The Bertz CT molecular complexity index is 1890. The number of aromatic nitrogens is 1. The maximum absolute atomic E-state index is 15.6. The van der Waals surface area contributed by atoms with Gasteiger partial charge in [-0.2, -0.15) is 0 Å². The molecule has 0 amide bonds. The molecule has 0 bridgehead atoms. The van der Waals surface area contributed by atoms with Crippen molar-refractivity contribution >= 4 is 21.9 Å². The smallest absolute Gasteiger partial charge is 0.219 e. The molecule has 2 nitrogen and oxygen atoms in total. The number of hydrogen-bond acceptors (Lipinski definition) is 1. The van der Waals surface area contributed by atoms with E-state index in [0.717, 1.165) is 47.6 Å². The number of benzene rings is 3. The van der Waals surface area contributed by atoms with Gasteiger partial charge in [-0.05, 0) is 85.5 Å². The number of rotatable bonds is 3. The lowest BCUT2D eigenvalue weighted by molar-refractivity contribution is -0.661. The molecule has 5 aromatic rings. The Kier molecular flexibility index (Phi) is 5.46. The van der Waals surface area contributed by atoms with Gasteiger partial charge in [0.05, 0.1) is 11.1 Å². The second kappa shape index (κ2) is 9.83. The molecule has 1 aliphatic carbocycles. The zero-order valence-electron chi connectivity index (χ0n) is 27.8. The van der Waals surface area contributed by atoms with Gasteiger partial charge in [0.1, 0.15) is 29.8 Å². The number of furan rings is 1. The van der Waals surface area contributed by atoms with Gasteiger partial charge in [0.2, 0.25) is 5.69 Å². The first-order chi connectivity index (χ1) is 20.6.